The van der Waals surface area contributed by atoms with Gasteiger partial charge in [-0.25, -0.2) is 4.98 Å². The van der Waals surface area contributed by atoms with Crippen molar-refractivity contribution < 1.29 is 13.2 Å². The number of thiazole rings is 1. The summed E-state index contributed by atoms with van der Waals surface area (Å²) in [7, 11) is 0. The lowest BCUT2D eigenvalue weighted by Gasteiger charge is -2.13. The van der Waals surface area contributed by atoms with E-state index in [9.17, 15) is 13.2 Å². The molecule has 1 rings (SSSR count). The Kier molecular flexibility index (Phi) is 2.69. The Hall–Kier alpha value is -0.620. The quantitative estimate of drug-likeness (QED) is 0.779. The van der Waals surface area contributed by atoms with Gasteiger partial charge in [0, 0.05) is 18.0 Å². The molecular formula is C6H7F3N2S. The van der Waals surface area contributed by atoms with Crippen molar-refractivity contribution in [2.24, 2.45) is 5.73 Å². The van der Waals surface area contributed by atoms with E-state index in [1.54, 1.807) is 5.38 Å². The summed E-state index contributed by atoms with van der Waals surface area (Å²) in [5.74, 6) is 0. The summed E-state index contributed by atoms with van der Waals surface area (Å²) in [6, 6.07) is -1.80. The van der Waals surface area contributed by atoms with E-state index >= 15 is 0 Å². The zero-order valence-corrected chi connectivity index (χ0v) is 6.82. The molecule has 0 aliphatic heterocycles. The van der Waals surface area contributed by atoms with Crippen molar-refractivity contribution in [1.29, 1.82) is 0 Å². The number of aromatic nitrogens is 1. The molecule has 12 heavy (non-hydrogen) atoms. The Morgan fingerprint density at radius 1 is 1.58 bits per heavy atom. The molecule has 2 nitrogen and oxygen atoms in total. The SMILES string of the molecule is NC(Cc1nccs1)C(F)(F)F. The van der Waals surface area contributed by atoms with Crippen LogP contribution in [0.5, 0.6) is 0 Å². The molecule has 0 bridgehead atoms. The summed E-state index contributed by atoms with van der Waals surface area (Å²) in [4.78, 5) is 3.71. The molecule has 1 aromatic heterocycles. The number of rotatable bonds is 2. The highest BCUT2D eigenvalue weighted by molar-refractivity contribution is 7.09. The van der Waals surface area contributed by atoms with Crippen LogP contribution in [-0.2, 0) is 6.42 Å². The number of nitrogens with two attached hydrogens (primary N) is 1. The van der Waals surface area contributed by atoms with Gasteiger partial charge in [0.1, 0.15) is 6.04 Å². The van der Waals surface area contributed by atoms with Gasteiger partial charge in [-0.3, -0.25) is 0 Å². The third-order valence-corrected chi connectivity index (χ3v) is 2.10. The van der Waals surface area contributed by atoms with E-state index < -0.39 is 12.2 Å². The van der Waals surface area contributed by atoms with Crippen molar-refractivity contribution in [2.45, 2.75) is 18.6 Å². The first-order valence-corrected chi connectivity index (χ1v) is 4.09. The van der Waals surface area contributed by atoms with Crippen molar-refractivity contribution in [1.82, 2.24) is 4.98 Å². The lowest BCUT2D eigenvalue weighted by molar-refractivity contribution is -0.147. The average molecular weight is 196 g/mol. The molecule has 0 saturated carbocycles. The van der Waals surface area contributed by atoms with Gasteiger partial charge in [0.25, 0.3) is 0 Å². The minimum atomic E-state index is -4.33. The largest absolute Gasteiger partial charge is 0.404 e. The van der Waals surface area contributed by atoms with E-state index in [-0.39, 0.29) is 6.42 Å². The first kappa shape index (κ1) is 9.47. The van der Waals surface area contributed by atoms with Crippen LogP contribution in [0.1, 0.15) is 5.01 Å². The van der Waals surface area contributed by atoms with Crippen LogP contribution in [0, 0.1) is 0 Å². The van der Waals surface area contributed by atoms with Gasteiger partial charge in [-0.2, -0.15) is 13.2 Å². The standard InChI is InChI=1S/C6H7F3N2S/c7-6(8,9)4(10)3-5-11-1-2-12-5/h1-2,4H,3,10H2. The Morgan fingerprint density at radius 3 is 2.67 bits per heavy atom. The van der Waals surface area contributed by atoms with Crippen LogP contribution in [0.4, 0.5) is 13.2 Å². The minimum absolute atomic E-state index is 0.235. The van der Waals surface area contributed by atoms with Gasteiger partial charge in [-0.05, 0) is 0 Å². The molecule has 68 valence electrons. The highest BCUT2D eigenvalue weighted by Gasteiger charge is 2.36. The molecule has 6 heteroatoms. The Bertz CT molecular complexity index is 231. The maximum atomic E-state index is 11.9. The maximum Gasteiger partial charge on any atom is 0.404 e. The summed E-state index contributed by atoms with van der Waals surface area (Å²) < 4.78 is 35.7. The highest BCUT2D eigenvalue weighted by atomic mass is 32.1. The summed E-state index contributed by atoms with van der Waals surface area (Å²) in [5, 5.41) is 2.04. The molecule has 0 radical (unpaired) electrons. The Morgan fingerprint density at radius 2 is 2.25 bits per heavy atom. The molecule has 1 aromatic rings. The third kappa shape index (κ3) is 2.46. The van der Waals surface area contributed by atoms with Gasteiger partial charge in [0.05, 0.1) is 5.01 Å². The monoisotopic (exact) mass is 196 g/mol. The molecule has 0 amide bonds. The van der Waals surface area contributed by atoms with Gasteiger partial charge in [-0.15, -0.1) is 11.3 Å². The van der Waals surface area contributed by atoms with Crippen molar-refractivity contribution in [2.75, 3.05) is 0 Å². The van der Waals surface area contributed by atoms with Crippen LogP contribution in [0.25, 0.3) is 0 Å². The molecule has 0 spiro atoms. The fourth-order valence-electron chi connectivity index (χ4n) is 0.658. The third-order valence-electron chi connectivity index (χ3n) is 1.30. The highest BCUT2D eigenvalue weighted by Crippen LogP contribution is 2.21. The van der Waals surface area contributed by atoms with Gasteiger partial charge >= 0.3 is 6.18 Å². The summed E-state index contributed by atoms with van der Waals surface area (Å²) in [5.41, 5.74) is 4.88. The van der Waals surface area contributed by atoms with Crippen LogP contribution in [0.3, 0.4) is 0 Å². The second-order valence-electron chi connectivity index (χ2n) is 2.28. The molecule has 2 N–H and O–H groups in total. The number of hydrogen-bond donors (Lipinski definition) is 1. The van der Waals surface area contributed by atoms with Gasteiger partial charge in [0.2, 0.25) is 0 Å². The van der Waals surface area contributed by atoms with Gasteiger partial charge < -0.3 is 5.73 Å². The zero-order chi connectivity index (χ0) is 9.19. The predicted octanol–water partition coefficient (Wildman–Crippen LogP) is 1.58. The first-order chi connectivity index (χ1) is 5.50. The van der Waals surface area contributed by atoms with E-state index in [4.69, 9.17) is 5.73 Å². The van der Waals surface area contributed by atoms with Crippen molar-refractivity contribution in [3.63, 3.8) is 0 Å². The Labute approximate surface area is 71.2 Å². The van der Waals surface area contributed by atoms with Crippen LogP contribution in [0.2, 0.25) is 0 Å². The summed E-state index contributed by atoms with van der Waals surface area (Å²) >= 11 is 1.18. The van der Waals surface area contributed by atoms with Gasteiger partial charge in [0.15, 0.2) is 0 Å². The average Bonchev–Trinajstić information content (AvgIpc) is 2.37. The van der Waals surface area contributed by atoms with E-state index in [1.807, 2.05) is 0 Å². The molecule has 0 fully saturated rings. The minimum Gasteiger partial charge on any atom is -0.320 e. The fraction of sp³-hybridized carbons (Fsp3) is 0.500. The topological polar surface area (TPSA) is 38.9 Å². The van der Waals surface area contributed by atoms with E-state index in [0.717, 1.165) is 0 Å². The van der Waals surface area contributed by atoms with Crippen molar-refractivity contribution in [3.8, 4) is 0 Å². The zero-order valence-electron chi connectivity index (χ0n) is 6.01. The number of hydrogen-bond acceptors (Lipinski definition) is 3. The Balaban J connectivity index is 2.53. The molecule has 1 unspecified atom stereocenters. The second kappa shape index (κ2) is 3.40. The van der Waals surface area contributed by atoms with Crippen LogP contribution < -0.4 is 5.73 Å². The number of halogens is 3. The lowest BCUT2D eigenvalue weighted by Crippen LogP contribution is -2.39. The molecule has 1 atom stereocenters. The molecule has 0 aliphatic carbocycles. The smallest absolute Gasteiger partial charge is 0.320 e. The van der Waals surface area contributed by atoms with Crippen molar-refractivity contribution in [3.05, 3.63) is 16.6 Å². The van der Waals surface area contributed by atoms with Gasteiger partial charge in [-0.1, -0.05) is 0 Å². The maximum absolute atomic E-state index is 11.9. The second-order valence-corrected chi connectivity index (χ2v) is 3.26. The molecule has 0 aromatic carbocycles. The number of alkyl halides is 3. The molecule has 1 heterocycles. The fourth-order valence-corrected chi connectivity index (χ4v) is 1.33. The molecular weight excluding hydrogens is 189 g/mol. The lowest BCUT2D eigenvalue weighted by atomic mass is 10.2. The van der Waals surface area contributed by atoms with Crippen LogP contribution >= 0.6 is 11.3 Å². The first-order valence-electron chi connectivity index (χ1n) is 3.21. The van der Waals surface area contributed by atoms with Crippen LogP contribution in [-0.4, -0.2) is 17.2 Å². The van der Waals surface area contributed by atoms with E-state index in [0.29, 0.717) is 5.01 Å². The van der Waals surface area contributed by atoms with E-state index in [1.165, 1.54) is 17.5 Å². The predicted molar refractivity (Wildman–Crippen MR) is 39.8 cm³/mol. The van der Waals surface area contributed by atoms with Crippen molar-refractivity contribution >= 4 is 11.3 Å². The van der Waals surface area contributed by atoms with Crippen LogP contribution in [0.15, 0.2) is 11.6 Å². The van der Waals surface area contributed by atoms with E-state index in [2.05, 4.69) is 4.98 Å². The molecule has 0 aliphatic rings. The summed E-state index contributed by atoms with van der Waals surface area (Å²) in [6.45, 7) is 0. The summed E-state index contributed by atoms with van der Waals surface area (Å²) in [6.07, 6.45) is -3.10. The normalized spacial score (nSPS) is 14.7. The molecule has 0 saturated heterocycles. The number of nitrogens with zero attached hydrogens (tertiary/aromatic N) is 1.